The third-order valence-corrected chi connectivity index (χ3v) is 3.34. The fourth-order valence-corrected chi connectivity index (χ4v) is 2.19. The summed E-state index contributed by atoms with van der Waals surface area (Å²) in [5.41, 5.74) is 0.540. The van der Waals surface area contributed by atoms with Crippen LogP contribution < -0.4 is 5.32 Å². The zero-order chi connectivity index (χ0) is 11.7. The number of alkyl halides is 1. The molecule has 1 N–H and O–H groups in total. The van der Waals surface area contributed by atoms with Gasteiger partial charge >= 0.3 is 0 Å². The third-order valence-electron chi connectivity index (χ3n) is 3.16. The standard InChI is InChI=1S/C12H24ClNO2/c1-15-9-10-16-8-2-7-14-11-12(3-4-12)5-6-13/h14H,2-11H2,1H3. The summed E-state index contributed by atoms with van der Waals surface area (Å²) in [5.74, 6) is 0.793. The van der Waals surface area contributed by atoms with Crippen molar-refractivity contribution in [1.29, 1.82) is 0 Å². The van der Waals surface area contributed by atoms with Gasteiger partial charge in [0.2, 0.25) is 0 Å². The molecule has 4 heteroatoms. The van der Waals surface area contributed by atoms with Gasteiger partial charge < -0.3 is 14.8 Å². The third kappa shape index (κ3) is 6.04. The fourth-order valence-electron chi connectivity index (χ4n) is 1.79. The van der Waals surface area contributed by atoms with Gasteiger partial charge in [0.1, 0.15) is 0 Å². The van der Waals surface area contributed by atoms with Crippen LogP contribution in [0.5, 0.6) is 0 Å². The fraction of sp³-hybridized carbons (Fsp3) is 1.00. The molecule has 0 aromatic heterocycles. The normalized spacial score (nSPS) is 17.6. The first kappa shape index (κ1) is 14.2. The first-order valence-corrected chi connectivity index (χ1v) is 6.70. The van der Waals surface area contributed by atoms with Gasteiger partial charge in [-0.2, -0.15) is 0 Å². The molecule has 1 saturated carbocycles. The molecule has 1 aliphatic rings. The quantitative estimate of drug-likeness (QED) is 0.449. The van der Waals surface area contributed by atoms with Crippen molar-refractivity contribution in [2.45, 2.75) is 25.7 Å². The first-order valence-electron chi connectivity index (χ1n) is 6.16. The van der Waals surface area contributed by atoms with Crippen molar-refractivity contribution in [3.05, 3.63) is 0 Å². The molecule has 0 aromatic rings. The zero-order valence-corrected chi connectivity index (χ0v) is 11.0. The molecule has 1 aliphatic carbocycles. The van der Waals surface area contributed by atoms with E-state index in [0.717, 1.165) is 38.4 Å². The Balaban J connectivity index is 1.81. The second-order valence-corrected chi connectivity index (χ2v) is 4.95. The van der Waals surface area contributed by atoms with Crippen LogP contribution in [0.15, 0.2) is 0 Å². The lowest BCUT2D eigenvalue weighted by Crippen LogP contribution is -2.26. The molecule has 0 saturated heterocycles. The van der Waals surface area contributed by atoms with Gasteiger partial charge in [0.15, 0.2) is 0 Å². The molecule has 16 heavy (non-hydrogen) atoms. The highest BCUT2D eigenvalue weighted by Crippen LogP contribution is 2.48. The predicted octanol–water partition coefficient (Wildman–Crippen LogP) is 2.04. The maximum Gasteiger partial charge on any atom is 0.0700 e. The van der Waals surface area contributed by atoms with Crippen LogP contribution >= 0.6 is 11.6 Å². The van der Waals surface area contributed by atoms with Crippen molar-refractivity contribution in [1.82, 2.24) is 5.32 Å². The number of hydrogen-bond donors (Lipinski definition) is 1. The van der Waals surface area contributed by atoms with Crippen molar-refractivity contribution in [3.8, 4) is 0 Å². The molecule has 0 aliphatic heterocycles. The summed E-state index contributed by atoms with van der Waals surface area (Å²) >= 11 is 5.78. The van der Waals surface area contributed by atoms with Gasteiger partial charge in [-0.25, -0.2) is 0 Å². The molecular weight excluding hydrogens is 226 g/mol. The van der Waals surface area contributed by atoms with Crippen LogP contribution in [-0.2, 0) is 9.47 Å². The number of rotatable bonds is 11. The number of hydrogen-bond acceptors (Lipinski definition) is 3. The monoisotopic (exact) mass is 249 g/mol. The highest BCUT2D eigenvalue weighted by Gasteiger charge is 2.40. The van der Waals surface area contributed by atoms with Gasteiger partial charge in [0.05, 0.1) is 13.2 Å². The van der Waals surface area contributed by atoms with Gasteiger partial charge in [-0.05, 0) is 37.6 Å². The van der Waals surface area contributed by atoms with E-state index in [9.17, 15) is 0 Å². The van der Waals surface area contributed by atoms with E-state index >= 15 is 0 Å². The summed E-state index contributed by atoms with van der Waals surface area (Å²) in [5, 5.41) is 3.49. The van der Waals surface area contributed by atoms with Crippen LogP contribution in [0, 0.1) is 5.41 Å². The van der Waals surface area contributed by atoms with E-state index in [4.69, 9.17) is 21.1 Å². The lowest BCUT2D eigenvalue weighted by atomic mass is 10.0. The molecule has 0 heterocycles. The van der Waals surface area contributed by atoms with E-state index in [1.54, 1.807) is 7.11 Å². The highest BCUT2D eigenvalue weighted by molar-refractivity contribution is 6.17. The Bertz CT molecular complexity index is 174. The van der Waals surface area contributed by atoms with Crippen LogP contribution in [0.4, 0.5) is 0 Å². The van der Waals surface area contributed by atoms with Crippen LogP contribution in [0.1, 0.15) is 25.7 Å². The topological polar surface area (TPSA) is 30.5 Å². The number of nitrogens with one attached hydrogen (secondary N) is 1. The lowest BCUT2D eigenvalue weighted by Gasteiger charge is -2.14. The van der Waals surface area contributed by atoms with Crippen LogP contribution in [0.2, 0.25) is 0 Å². The second kappa shape index (κ2) is 8.29. The van der Waals surface area contributed by atoms with Crippen LogP contribution in [-0.4, -0.2) is 45.9 Å². The second-order valence-electron chi connectivity index (χ2n) is 4.57. The Hall–Kier alpha value is 0.170. The largest absolute Gasteiger partial charge is 0.382 e. The molecule has 0 radical (unpaired) electrons. The Labute approximate surface area is 104 Å². The summed E-state index contributed by atoms with van der Waals surface area (Å²) in [6.45, 7) is 4.37. The van der Waals surface area contributed by atoms with E-state index in [1.165, 1.54) is 12.8 Å². The number of methoxy groups -OCH3 is 1. The Morgan fingerprint density at radius 1 is 1.25 bits per heavy atom. The van der Waals surface area contributed by atoms with E-state index in [0.29, 0.717) is 18.6 Å². The minimum absolute atomic E-state index is 0.540. The Morgan fingerprint density at radius 2 is 2.06 bits per heavy atom. The van der Waals surface area contributed by atoms with E-state index < -0.39 is 0 Å². The summed E-state index contributed by atoms with van der Waals surface area (Å²) < 4.78 is 10.3. The van der Waals surface area contributed by atoms with Crippen LogP contribution in [0.25, 0.3) is 0 Å². The van der Waals surface area contributed by atoms with E-state index in [-0.39, 0.29) is 0 Å². The van der Waals surface area contributed by atoms with Crippen molar-refractivity contribution < 1.29 is 9.47 Å². The summed E-state index contributed by atoms with van der Waals surface area (Å²) in [6, 6.07) is 0. The van der Waals surface area contributed by atoms with Gasteiger partial charge in [0.25, 0.3) is 0 Å². The molecular formula is C12H24ClNO2. The van der Waals surface area contributed by atoms with Crippen molar-refractivity contribution in [2.75, 3.05) is 45.9 Å². The van der Waals surface area contributed by atoms with Gasteiger partial charge in [-0.1, -0.05) is 0 Å². The summed E-state index contributed by atoms with van der Waals surface area (Å²) in [6.07, 6.45) is 4.92. The molecule has 0 atom stereocenters. The van der Waals surface area contributed by atoms with Crippen molar-refractivity contribution in [3.63, 3.8) is 0 Å². The average Bonchev–Trinajstić information content (AvgIpc) is 3.03. The molecule has 3 nitrogen and oxygen atoms in total. The zero-order valence-electron chi connectivity index (χ0n) is 10.3. The van der Waals surface area contributed by atoms with Crippen molar-refractivity contribution >= 4 is 11.6 Å². The molecule has 0 amide bonds. The maximum absolute atomic E-state index is 5.78. The highest BCUT2D eigenvalue weighted by atomic mass is 35.5. The first-order chi connectivity index (χ1) is 7.83. The molecule has 0 bridgehead atoms. The molecule has 0 spiro atoms. The Morgan fingerprint density at radius 3 is 2.69 bits per heavy atom. The van der Waals surface area contributed by atoms with Gasteiger partial charge in [0, 0.05) is 26.1 Å². The van der Waals surface area contributed by atoms with Gasteiger partial charge in [-0.3, -0.25) is 0 Å². The predicted molar refractivity (Wildman–Crippen MR) is 67.2 cm³/mol. The number of halogens is 1. The SMILES string of the molecule is COCCOCCCNCC1(CCCl)CC1. The minimum Gasteiger partial charge on any atom is -0.382 e. The molecule has 0 aromatic carbocycles. The average molecular weight is 250 g/mol. The number of ether oxygens (including phenoxy) is 2. The minimum atomic E-state index is 0.540. The lowest BCUT2D eigenvalue weighted by molar-refractivity contribution is 0.0694. The molecule has 1 rings (SSSR count). The molecule has 0 unspecified atom stereocenters. The van der Waals surface area contributed by atoms with E-state index in [2.05, 4.69) is 5.32 Å². The van der Waals surface area contributed by atoms with Crippen molar-refractivity contribution in [2.24, 2.45) is 5.41 Å². The van der Waals surface area contributed by atoms with Gasteiger partial charge in [-0.15, -0.1) is 11.6 Å². The van der Waals surface area contributed by atoms with Crippen LogP contribution in [0.3, 0.4) is 0 Å². The molecule has 1 fully saturated rings. The summed E-state index contributed by atoms with van der Waals surface area (Å²) in [7, 11) is 1.69. The maximum atomic E-state index is 5.78. The molecule has 96 valence electrons. The summed E-state index contributed by atoms with van der Waals surface area (Å²) in [4.78, 5) is 0. The Kier molecular flexibility index (Phi) is 7.37. The van der Waals surface area contributed by atoms with E-state index in [1.807, 2.05) is 0 Å². The smallest absolute Gasteiger partial charge is 0.0700 e.